The molecule has 2 atom stereocenters. The topological polar surface area (TPSA) is 15.3 Å². The van der Waals surface area contributed by atoms with Gasteiger partial charge < -0.3 is 5.32 Å². The molecule has 2 heteroatoms. The van der Waals surface area contributed by atoms with Crippen LogP contribution in [0, 0.1) is 0 Å². The van der Waals surface area contributed by atoms with Crippen molar-refractivity contribution in [2.24, 2.45) is 0 Å². The third-order valence-electron chi connectivity index (χ3n) is 4.39. The number of nitrogens with one attached hydrogen (secondary N) is 1. The number of anilines is 1. The Kier molecular flexibility index (Phi) is 2.40. The molecule has 0 saturated carbocycles. The van der Waals surface area contributed by atoms with Crippen molar-refractivity contribution < 1.29 is 0 Å². The molecule has 0 amide bonds. The fraction of sp³-hybridized carbons (Fsp3) is 0.571. The molecule has 2 saturated heterocycles. The lowest BCUT2D eigenvalue weighted by molar-refractivity contribution is 0.106. The van der Waals surface area contributed by atoms with Crippen molar-refractivity contribution in [2.45, 2.75) is 43.8 Å². The summed E-state index contributed by atoms with van der Waals surface area (Å²) in [4.78, 5) is 2.57. The Balaban J connectivity index is 1.83. The summed E-state index contributed by atoms with van der Waals surface area (Å²) in [6.45, 7) is 0. The van der Waals surface area contributed by atoms with Gasteiger partial charge in [-0.25, -0.2) is 0 Å². The van der Waals surface area contributed by atoms with Crippen LogP contribution in [0.2, 0.25) is 0 Å². The molecule has 16 heavy (non-hydrogen) atoms. The zero-order valence-electron chi connectivity index (χ0n) is 9.95. The van der Waals surface area contributed by atoms with Gasteiger partial charge in [0.25, 0.3) is 0 Å². The monoisotopic (exact) mass is 216 g/mol. The van der Waals surface area contributed by atoms with Gasteiger partial charge >= 0.3 is 0 Å². The van der Waals surface area contributed by atoms with Gasteiger partial charge in [-0.2, -0.15) is 0 Å². The molecule has 86 valence electrons. The lowest BCUT2D eigenvalue weighted by Gasteiger charge is -2.43. The normalized spacial score (nSPS) is 33.9. The standard InChI is InChI=1S/C14H20N2/c1-16-13-8-5-10-14(16,11-9-13)15-12-6-3-2-4-7-12/h2-4,6-7,13,15H,5,8-11H2,1H3. The van der Waals surface area contributed by atoms with E-state index in [9.17, 15) is 0 Å². The number of hydrogen-bond donors (Lipinski definition) is 1. The molecule has 0 spiro atoms. The first-order chi connectivity index (χ1) is 7.80. The summed E-state index contributed by atoms with van der Waals surface area (Å²) in [6.07, 6.45) is 6.69. The molecule has 2 aliphatic rings. The van der Waals surface area contributed by atoms with Gasteiger partial charge in [-0.15, -0.1) is 0 Å². The zero-order chi connectivity index (χ0) is 11.0. The van der Waals surface area contributed by atoms with Crippen molar-refractivity contribution in [1.29, 1.82) is 0 Å². The van der Waals surface area contributed by atoms with Crippen LogP contribution in [-0.4, -0.2) is 23.7 Å². The van der Waals surface area contributed by atoms with Crippen molar-refractivity contribution in [2.75, 3.05) is 12.4 Å². The number of para-hydroxylation sites is 1. The van der Waals surface area contributed by atoms with Crippen LogP contribution >= 0.6 is 0 Å². The molecule has 2 aliphatic heterocycles. The van der Waals surface area contributed by atoms with Gasteiger partial charge in [-0.3, -0.25) is 4.90 Å². The summed E-state index contributed by atoms with van der Waals surface area (Å²) in [5.41, 5.74) is 1.50. The average Bonchev–Trinajstić information content (AvgIpc) is 2.52. The summed E-state index contributed by atoms with van der Waals surface area (Å²) < 4.78 is 0. The van der Waals surface area contributed by atoms with E-state index in [0.717, 1.165) is 6.04 Å². The van der Waals surface area contributed by atoms with Crippen LogP contribution in [0.3, 0.4) is 0 Å². The van der Waals surface area contributed by atoms with Crippen molar-refractivity contribution >= 4 is 5.69 Å². The maximum atomic E-state index is 3.76. The van der Waals surface area contributed by atoms with E-state index in [4.69, 9.17) is 0 Å². The summed E-state index contributed by atoms with van der Waals surface area (Å²) in [5.74, 6) is 0. The second-order valence-electron chi connectivity index (χ2n) is 5.22. The number of nitrogens with zero attached hydrogens (tertiary/aromatic N) is 1. The SMILES string of the molecule is CN1C2CCCC1(Nc1ccccc1)CC2. The molecule has 0 radical (unpaired) electrons. The highest BCUT2D eigenvalue weighted by atomic mass is 15.3. The average molecular weight is 216 g/mol. The molecule has 0 aromatic heterocycles. The van der Waals surface area contributed by atoms with Crippen LogP contribution in [0.5, 0.6) is 0 Å². The van der Waals surface area contributed by atoms with Crippen molar-refractivity contribution in [3.05, 3.63) is 30.3 Å². The number of piperidine rings is 1. The first kappa shape index (κ1) is 10.2. The Hall–Kier alpha value is -1.02. The predicted octanol–water partition coefficient (Wildman–Crippen LogP) is 3.07. The Morgan fingerprint density at radius 1 is 1.19 bits per heavy atom. The molecule has 1 aromatic carbocycles. The fourth-order valence-electron chi connectivity index (χ4n) is 3.40. The minimum atomic E-state index is 0.240. The largest absolute Gasteiger partial charge is 0.367 e. The smallest absolute Gasteiger partial charge is 0.0907 e. The summed E-state index contributed by atoms with van der Waals surface area (Å²) in [5, 5.41) is 3.76. The van der Waals surface area contributed by atoms with Gasteiger partial charge in [0.2, 0.25) is 0 Å². The molecule has 3 rings (SSSR count). The Morgan fingerprint density at radius 3 is 2.81 bits per heavy atom. The van der Waals surface area contributed by atoms with Crippen LogP contribution in [0.4, 0.5) is 5.69 Å². The molecule has 1 N–H and O–H groups in total. The third kappa shape index (κ3) is 1.52. The van der Waals surface area contributed by atoms with Gasteiger partial charge in [0.15, 0.2) is 0 Å². The first-order valence-corrected chi connectivity index (χ1v) is 6.36. The zero-order valence-corrected chi connectivity index (χ0v) is 9.95. The van der Waals surface area contributed by atoms with Crippen LogP contribution in [-0.2, 0) is 0 Å². The lowest BCUT2D eigenvalue weighted by Crippen LogP contribution is -2.53. The number of fused-ring (bicyclic) bond motifs is 2. The Morgan fingerprint density at radius 2 is 2.00 bits per heavy atom. The number of hydrogen-bond acceptors (Lipinski definition) is 2. The van der Waals surface area contributed by atoms with E-state index < -0.39 is 0 Å². The van der Waals surface area contributed by atoms with E-state index in [2.05, 4.69) is 47.6 Å². The van der Waals surface area contributed by atoms with E-state index in [0.29, 0.717) is 0 Å². The molecule has 2 unspecified atom stereocenters. The van der Waals surface area contributed by atoms with Gasteiger partial charge in [0.1, 0.15) is 0 Å². The van der Waals surface area contributed by atoms with E-state index in [1.54, 1.807) is 0 Å². The van der Waals surface area contributed by atoms with E-state index in [-0.39, 0.29) is 5.66 Å². The second kappa shape index (κ2) is 3.77. The van der Waals surface area contributed by atoms with E-state index in [1.165, 1.54) is 37.8 Å². The fourth-order valence-corrected chi connectivity index (χ4v) is 3.40. The Bertz CT molecular complexity index is 358. The van der Waals surface area contributed by atoms with Crippen LogP contribution in [0.15, 0.2) is 30.3 Å². The minimum absolute atomic E-state index is 0.240. The number of benzene rings is 1. The van der Waals surface area contributed by atoms with Gasteiger partial charge in [-0.1, -0.05) is 18.2 Å². The maximum Gasteiger partial charge on any atom is 0.0907 e. The van der Waals surface area contributed by atoms with Crippen molar-refractivity contribution in [1.82, 2.24) is 4.90 Å². The van der Waals surface area contributed by atoms with E-state index >= 15 is 0 Å². The van der Waals surface area contributed by atoms with Gasteiger partial charge in [-0.05, 0) is 51.3 Å². The highest BCUT2D eigenvalue weighted by Gasteiger charge is 2.46. The summed E-state index contributed by atoms with van der Waals surface area (Å²) in [6, 6.07) is 11.4. The second-order valence-corrected chi connectivity index (χ2v) is 5.22. The summed E-state index contributed by atoms with van der Waals surface area (Å²) in [7, 11) is 2.28. The molecule has 2 bridgehead atoms. The third-order valence-corrected chi connectivity index (χ3v) is 4.39. The van der Waals surface area contributed by atoms with Crippen molar-refractivity contribution in [3.8, 4) is 0 Å². The highest BCUT2D eigenvalue weighted by Crippen LogP contribution is 2.43. The first-order valence-electron chi connectivity index (χ1n) is 6.36. The van der Waals surface area contributed by atoms with Crippen molar-refractivity contribution in [3.63, 3.8) is 0 Å². The highest BCUT2D eigenvalue weighted by molar-refractivity contribution is 5.45. The quantitative estimate of drug-likeness (QED) is 0.817. The Labute approximate surface area is 97.6 Å². The van der Waals surface area contributed by atoms with Crippen LogP contribution in [0.1, 0.15) is 32.1 Å². The molecular formula is C14H20N2. The molecule has 2 fully saturated rings. The van der Waals surface area contributed by atoms with Crippen LogP contribution < -0.4 is 5.32 Å². The molecule has 2 nitrogen and oxygen atoms in total. The molecular weight excluding hydrogens is 196 g/mol. The summed E-state index contributed by atoms with van der Waals surface area (Å²) >= 11 is 0. The predicted molar refractivity (Wildman–Crippen MR) is 67.4 cm³/mol. The van der Waals surface area contributed by atoms with Crippen LogP contribution in [0.25, 0.3) is 0 Å². The van der Waals surface area contributed by atoms with E-state index in [1.807, 2.05) is 0 Å². The van der Waals surface area contributed by atoms with Gasteiger partial charge in [0, 0.05) is 11.7 Å². The maximum absolute atomic E-state index is 3.76. The van der Waals surface area contributed by atoms with Gasteiger partial charge in [0.05, 0.1) is 5.66 Å². The minimum Gasteiger partial charge on any atom is -0.367 e. The lowest BCUT2D eigenvalue weighted by atomic mass is 9.97. The number of rotatable bonds is 2. The molecule has 1 aromatic rings. The molecule has 2 heterocycles. The molecule has 0 aliphatic carbocycles.